The average molecular weight is 409 g/mol. The lowest BCUT2D eigenvalue weighted by molar-refractivity contribution is -0.173. The molecule has 6 heteroatoms. The van der Waals surface area contributed by atoms with E-state index in [4.69, 9.17) is 0 Å². The van der Waals surface area contributed by atoms with Crippen LogP contribution in [0.4, 0.5) is 8.78 Å². The van der Waals surface area contributed by atoms with Gasteiger partial charge in [0.15, 0.2) is 5.16 Å². The molecule has 0 heterocycles. The Morgan fingerprint density at radius 3 is 1.56 bits per heavy atom. The molecule has 0 aromatic rings. The lowest BCUT2D eigenvalue weighted by Gasteiger charge is -2.25. The highest BCUT2D eigenvalue weighted by Crippen LogP contribution is 2.42. The molecule has 0 aliphatic carbocycles. The first-order valence-corrected chi connectivity index (χ1v) is 11.9. The number of carbonyl (C=O) groups excluding carboxylic acids is 1. The number of alkyl halides is 2. The minimum absolute atomic E-state index is 0.0410. The standard InChI is InChI=1S/C21H39F2O3P/c1-4-5-6-7-8-9-10-11-12-13-14-15-16-17-18(24)19(20(22)23)21(2,3)27(25)26/h19-20H,4-17H2,1-3H3/t19-/m1/s1. The van der Waals surface area contributed by atoms with Crippen LogP contribution in [0.1, 0.15) is 111 Å². The molecular formula is C21H39F2O3P. The number of ketones is 1. The predicted octanol–water partition coefficient (Wildman–Crippen LogP) is 6.80. The topological polar surface area (TPSA) is 57.2 Å². The molecule has 0 saturated carbocycles. The second kappa shape index (κ2) is 15.5. The van der Waals surface area contributed by atoms with Gasteiger partial charge in [0.2, 0.25) is 0 Å². The average Bonchev–Trinajstić information content (AvgIpc) is 2.58. The van der Waals surface area contributed by atoms with Crippen molar-refractivity contribution in [3.63, 3.8) is 0 Å². The molecule has 0 aliphatic heterocycles. The zero-order valence-corrected chi connectivity index (χ0v) is 18.4. The fraction of sp³-hybridized carbons (Fsp3) is 0.952. The molecule has 0 bridgehead atoms. The van der Waals surface area contributed by atoms with Crippen LogP contribution in [-0.2, 0) is 9.36 Å². The number of halogens is 2. The van der Waals surface area contributed by atoms with E-state index >= 15 is 0 Å². The molecular weight excluding hydrogens is 369 g/mol. The Morgan fingerprint density at radius 2 is 1.22 bits per heavy atom. The molecule has 3 nitrogen and oxygen atoms in total. The van der Waals surface area contributed by atoms with Crippen LogP contribution < -0.4 is 4.89 Å². The maximum atomic E-state index is 13.2. The van der Waals surface area contributed by atoms with Crippen molar-refractivity contribution in [1.29, 1.82) is 0 Å². The minimum atomic E-state index is -3.09. The maximum Gasteiger partial charge on any atom is 0.315 e. The summed E-state index contributed by atoms with van der Waals surface area (Å²) in [6.07, 6.45) is 12.3. The van der Waals surface area contributed by atoms with Gasteiger partial charge in [-0.25, -0.2) is 8.78 Å². The van der Waals surface area contributed by atoms with Crippen molar-refractivity contribution in [3.8, 4) is 0 Å². The van der Waals surface area contributed by atoms with Gasteiger partial charge in [0.1, 0.15) is 11.7 Å². The van der Waals surface area contributed by atoms with E-state index in [0.717, 1.165) is 19.3 Å². The first-order valence-electron chi connectivity index (χ1n) is 10.7. The summed E-state index contributed by atoms with van der Waals surface area (Å²) >= 11 is 0. The summed E-state index contributed by atoms with van der Waals surface area (Å²) in [7, 11) is -3.09. The number of unbranched alkanes of at least 4 members (excludes halogenated alkanes) is 12. The van der Waals surface area contributed by atoms with E-state index in [1.54, 1.807) is 0 Å². The number of rotatable bonds is 18. The number of Topliss-reactive ketones (excluding diaryl/α,β-unsaturated/α-hetero) is 1. The highest BCUT2D eigenvalue weighted by molar-refractivity contribution is 7.38. The van der Waals surface area contributed by atoms with Crippen molar-refractivity contribution in [2.75, 3.05) is 0 Å². The van der Waals surface area contributed by atoms with E-state index in [1.165, 1.54) is 71.6 Å². The van der Waals surface area contributed by atoms with Gasteiger partial charge in [-0.3, -0.25) is 4.79 Å². The molecule has 0 rings (SSSR count). The summed E-state index contributed by atoms with van der Waals surface area (Å²) in [4.78, 5) is 23.3. The van der Waals surface area contributed by atoms with Gasteiger partial charge >= 0.3 is 8.03 Å². The molecule has 27 heavy (non-hydrogen) atoms. The van der Waals surface area contributed by atoms with Crippen molar-refractivity contribution in [2.24, 2.45) is 5.92 Å². The molecule has 0 aromatic heterocycles. The lowest BCUT2D eigenvalue weighted by atomic mass is 9.88. The van der Waals surface area contributed by atoms with Crippen LogP contribution >= 0.6 is 8.03 Å². The van der Waals surface area contributed by atoms with Crippen molar-refractivity contribution >= 4 is 13.8 Å². The van der Waals surface area contributed by atoms with E-state index in [2.05, 4.69) is 6.92 Å². The summed E-state index contributed by atoms with van der Waals surface area (Å²) in [6, 6.07) is 0. The summed E-state index contributed by atoms with van der Waals surface area (Å²) < 4.78 is 37.6. The van der Waals surface area contributed by atoms with Crippen molar-refractivity contribution in [1.82, 2.24) is 0 Å². The Bertz CT molecular complexity index is 414. The Balaban J connectivity index is 3.77. The molecule has 160 valence electrons. The van der Waals surface area contributed by atoms with Crippen molar-refractivity contribution in [3.05, 3.63) is 0 Å². The van der Waals surface area contributed by atoms with Crippen molar-refractivity contribution < 1.29 is 23.0 Å². The van der Waals surface area contributed by atoms with Gasteiger partial charge in [-0.1, -0.05) is 88.5 Å². The molecule has 0 aromatic carbocycles. The molecule has 0 N–H and O–H groups in total. The number of hydrogen-bond acceptors (Lipinski definition) is 3. The third-order valence-electron chi connectivity index (χ3n) is 5.36. The summed E-state index contributed by atoms with van der Waals surface area (Å²) in [6.45, 7) is 4.64. The molecule has 0 spiro atoms. The third kappa shape index (κ3) is 11.9. The largest absolute Gasteiger partial charge is 0.595 e. The Labute approximate surface area is 165 Å². The molecule has 0 aliphatic rings. The predicted molar refractivity (Wildman–Crippen MR) is 106 cm³/mol. The third-order valence-corrected chi connectivity index (χ3v) is 6.58. The molecule has 0 fully saturated rings. The first-order chi connectivity index (χ1) is 12.7. The van der Waals surface area contributed by atoms with Gasteiger partial charge in [0.05, 0.1) is 0 Å². The normalized spacial score (nSPS) is 13.8. The quantitative estimate of drug-likeness (QED) is 0.185. The van der Waals surface area contributed by atoms with Gasteiger partial charge in [-0.05, 0) is 20.3 Å². The molecule has 0 amide bonds. The van der Waals surface area contributed by atoms with E-state index in [0.29, 0.717) is 6.42 Å². The number of hydrogen-bond donors (Lipinski definition) is 0. The van der Waals surface area contributed by atoms with Crippen LogP contribution in [0, 0.1) is 5.92 Å². The lowest BCUT2D eigenvalue weighted by Crippen LogP contribution is -2.40. The maximum absolute atomic E-state index is 13.2. The fourth-order valence-corrected chi connectivity index (χ4v) is 3.91. The van der Waals surface area contributed by atoms with Crippen LogP contribution in [0.2, 0.25) is 0 Å². The SMILES string of the molecule is CCCCCCCCCCCCCCCC(=O)[C@H](C(F)F)C(C)(C)[P+](=O)[O-]. The number of carbonyl (C=O) groups is 1. The fourth-order valence-electron chi connectivity index (χ4n) is 3.43. The Kier molecular flexibility index (Phi) is 15.3. The van der Waals surface area contributed by atoms with E-state index < -0.39 is 31.3 Å². The van der Waals surface area contributed by atoms with Gasteiger partial charge in [-0.15, -0.1) is 0 Å². The van der Waals surface area contributed by atoms with Crippen LogP contribution in [0.3, 0.4) is 0 Å². The van der Waals surface area contributed by atoms with Crippen LogP contribution in [0.25, 0.3) is 0 Å². The van der Waals surface area contributed by atoms with Gasteiger partial charge in [0.25, 0.3) is 6.43 Å². The zero-order valence-electron chi connectivity index (χ0n) is 17.5. The summed E-state index contributed by atoms with van der Waals surface area (Å²) in [5.74, 6) is -2.35. The van der Waals surface area contributed by atoms with Crippen molar-refractivity contribution in [2.45, 2.75) is 122 Å². The van der Waals surface area contributed by atoms with Crippen LogP contribution in [0.15, 0.2) is 0 Å². The monoisotopic (exact) mass is 408 g/mol. The molecule has 0 radical (unpaired) electrons. The Hall–Kier alpha value is -0.410. The molecule has 2 atom stereocenters. The van der Waals surface area contributed by atoms with Gasteiger partial charge in [-0.2, -0.15) is 0 Å². The summed E-state index contributed by atoms with van der Waals surface area (Å²) in [5.41, 5.74) is 0. The second-order valence-electron chi connectivity index (χ2n) is 8.18. The Morgan fingerprint density at radius 1 is 0.852 bits per heavy atom. The van der Waals surface area contributed by atoms with Gasteiger partial charge < -0.3 is 4.89 Å². The first kappa shape index (κ1) is 26.6. The highest BCUT2D eigenvalue weighted by atomic mass is 31.1. The minimum Gasteiger partial charge on any atom is -0.595 e. The van der Waals surface area contributed by atoms with Crippen LogP contribution in [-0.4, -0.2) is 17.4 Å². The zero-order chi connectivity index (χ0) is 20.7. The highest BCUT2D eigenvalue weighted by Gasteiger charge is 2.50. The summed E-state index contributed by atoms with van der Waals surface area (Å²) in [5, 5.41) is -1.70. The van der Waals surface area contributed by atoms with Crippen LogP contribution in [0.5, 0.6) is 0 Å². The smallest absolute Gasteiger partial charge is 0.315 e. The second-order valence-corrected chi connectivity index (χ2v) is 9.85. The van der Waals surface area contributed by atoms with E-state index in [1.807, 2.05) is 0 Å². The van der Waals surface area contributed by atoms with E-state index in [9.17, 15) is 23.0 Å². The molecule has 0 saturated heterocycles. The van der Waals surface area contributed by atoms with E-state index in [-0.39, 0.29) is 6.42 Å². The van der Waals surface area contributed by atoms with Gasteiger partial charge in [0, 0.05) is 6.42 Å². The molecule has 1 unspecified atom stereocenters.